The number of aromatic nitrogens is 3. The number of nitrogens with one attached hydrogen (secondary N) is 1. The van der Waals surface area contributed by atoms with Gasteiger partial charge in [-0.3, -0.25) is 9.78 Å². The predicted molar refractivity (Wildman–Crippen MR) is 117 cm³/mol. The van der Waals surface area contributed by atoms with E-state index in [2.05, 4.69) is 45.6 Å². The highest BCUT2D eigenvalue weighted by Crippen LogP contribution is 2.20. The van der Waals surface area contributed by atoms with Crippen LogP contribution in [-0.2, 0) is 17.8 Å². The third-order valence-corrected chi connectivity index (χ3v) is 5.15. The molecule has 6 nitrogen and oxygen atoms in total. The highest BCUT2D eigenvalue weighted by atomic mass is 32.1. The van der Waals surface area contributed by atoms with Gasteiger partial charge in [0.15, 0.2) is 0 Å². The molecule has 3 aromatic rings. The number of pyridine rings is 1. The van der Waals surface area contributed by atoms with E-state index in [0.717, 1.165) is 29.5 Å². The second-order valence-electron chi connectivity index (χ2n) is 7.38. The van der Waals surface area contributed by atoms with E-state index in [1.807, 2.05) is 30.3 Å². The highest BCUT2D eigenvalue weighted by molar-refractivity contribution is 7.09. The summed E-state index contributed by atoms with van der Waals surface area (Å²) in [5.41, 5.74) is 2.19. The molecule has 1 amide bonds. The smallest absolute Gasteiger partial charge is 0.222 e. The Bertz CT molecular complexity index is 882. The number of anilines is 1. The van der Waals surface area contributed by atoms with E-state index in [0.29, 0.717) is 25.4 Å². The number of rotatable bonds is 10. The molecule has 0 aliphatic carbocycles. The number of hydrogen-bond donors (Lipinski definition) is 1. The molecular weight excluding hydrogens is 382 g/mol. The first-order valence-corrected chi connectivity index (χ1v) is 10.6. The minimum Gasteiger partial charge on any atom is -0.352 e. The molecule has 2 heterocycles. The fraction of sp³-hybridized carbons (Fsp3) is 0.364. The van der Waals surface area contributed by atoms with Gasteiger partial charge in [0.2, 0.25) is 11.0 Å². The van der Waals surface area contributed by atoms with E-state index in [4.69, 9.17) is 4.98 Å². The van der Waals surface area contributed by atoms with Gasteiger partial charge < -0.3 is 10.2 Å². The lowest BCUT2D eigenvalue weighted by atomic mass is 10.1. The number of carbonyl (C=O) groups excluding carboxylic acids is 1. The van der Waals surface area contributed by atoms with Gasteiger partial charge in [0.25, 0.3) is 0 Å². The Balaban J connectivity index is 1.55. The molecule has 3 rings (SSSR count). The van der Waals surface area contributed by atoms with Crippen molar-refractivity contribution in [2.75, 3.05) is 18.0 Å². The van der Waals surface area contributed by atoms with Crippen molar-refractivity contribution in [2.24, 2.45) is 5.92 Å². The summed E-state index contributed by atoms with van der Waals surface area (Å²) in [4.78, 5) is 23.3. The van der Waals surface area contributed by atoms with Crippen molar-refractivity contribution < 1.29 is 4.79 Å². The summed E-state index contributed by atoms with van der Waals surface area (Å²) >= 11 is 1.41. The fourth-order valence-corrected chi connectivity index (χ4v) is 3.68. The van der Waals surface area contributed by atoms with Crippen molar-refractivity contribution in [3.05, 3.63) is 71.8 Å². The van der Waals surface area contributed by atoms with Gasteiger partial charge in [-0.2, -0.15) is 4.37 Å². The standard InChI is InChI=1S/C22H27N5OS/c1-17(2)16-27(12-10-21(28)24-15-19-9-6-11-23-14-19)22-25-20(26-29-22)13-18-7-4-3-5-8-18/h3-9,11,14,17H,10,12-13,15-16H2,1-2H3,(H,24,28). The molecule has 1 aromatic carbocycles. The molecule has 0 atom stereocenters. The molecule has 0 aliphatic heterocycles. The minimum atomic E-state index is 0.0247. The number of nitrogens with zero attached hydrogens (tertiary/aromatic N) is 4. The second kappa shape index (κ2) is 10.7. The summed E-state index contributed by atoms with van der Waals surface area (Å²) in [5, 5.41) is 3.84. The van der Waals surface area contributed by atoms with Crippen LogP contribution in [0.5, 0.6) is 0 Å². The molecule has 0 bridgehead atoms. The zero-order valence-electron chi connectivity index (χ0n) is 16.9. The molecule has 0 fully saturated rings. The number of benzene rings is 1. The summed E-state index contributed by atoms with van der Waals surface area (Å²) in [6.07, 6.45) is 4.63. The molecule has 0 saturated heterocycles. The molecule has 2 aromatic heterocycles. The van der Waals surface area contributed by atoms with E-state index < -0.39 is 0 Å². The zero-order valence-corrected chi connectivity index (χ0v) is 17.7. The lowest BCUT2D eigenvalue weighted by molar-refractivity contribution is -0.121. The van der Waals surface area contributed by atoms with Crippen molar-refractivity contribution in [3.63, 3.8) is 0 Å². The van der Waals surface area contributed by atoms with Crippen molar-refractivity contribution in [3.8, 4) is 0 Å². The second-order valence-corrected chi connectivity index (χ2v) is 8.11. The predicted octanol–water partition coefficient (Wildman–Crippen LogP) is 3.69. The summed E-state index contributed by atoms with van der Waals surface area (Å²) in [6, 6.07) is 14.0. The van der Waals surface area contributed by atoms with Crippen LogP contribution in [0.15, 0.2) is 54.9 Å². The number of amides is 1. The maximum atomic E-state index is 12.3. The summed E-state index contributed by atoms with van der Waals surface area (Å²) in [5.74, 6) is 1.32. The van der Waals surface area contributed by atoms with E-state index >= 15 is 0 Å². The molecule has 1 N–H and O–H groups in total. The van der Waals surface area contributed by atoms with Crippen LogP contribution >= 0.6 is 11.5 Å². The molecule has 0 spiro atoms. The molecule has 0 unspecified atom stereocenters. The van der Waals surface area contributed by atoms with E-state index in [9.17, 15) is 4.79 Å². The van der Waals surface area contributed by atoms with Gasteiger partial charge in [0, 0.05) is 56.4 Å². The summed E-state index contributed by atoms with van der Waals surface area (Å²) in [7, 11) is 0. The maximum absolute atomic E-state index is 12.3. The Morgan fingerprint density at radius 3 is 2.66 bits per heavy atom. The largest absolute Gasteiger partial charge is 0.352 e. The normalized spacial score (nSPS) is 10.9. The van der Waals surface area contributed by atoms with Gasteiger partial charge in [-0.25, -0.2) is 4.98 Å². The Kier molecular flexibility index (Phi) is 7.69. The van der Waals surface area contributed by atoms with Crippen LogP contribution in [0.25, 0.3) is 0 Å². The lowest BCUT2D eigenvalue weighted by Gasteiger charge is -2.23. The van der Waals surface area contributed by atoms with Crippen LogP contribution in [-0.4, -0.2) is 33.3 Å². The van der Waals surface area contributed by atoms with Gasteiger partial charge in [0.05, 0.1) is 0 Å². The van der Waals surface area contributed by atoms with Gasteiger partial charge in [-0.05, 0) is 23.1 Å². The van der Waals surface area contributed by atoms with Crippen molar-refractivity contribution in [1.82, 2.24) is 19.7 Å². The third kappa shape index (κ3) is 6.94. The van der Waals surface area contributed by atoms with Crippen LogP contribution in [0.4, 0.5) is 5.13 Å². The van der Waals surface area contributed by atoms with Crippen LogP contribution in [0.1, 0.15) is 37.2 Å². The molecule has 29 heavy (non-hydrogen) atoms. The first kappa shape index (κ1) is 20.9. The minimum absolute atomic E-state index is 0.0247. The van der Waals surface area contributed by atoms with Crippen molar-refractivity contribution in [1.29, 1.82) is 0 Å². The van der Waals surface area contributed by atoms with Crippen LogP contribution < -0.4 is 10.2 Å². The number of carbonyl (C=O) groups is 1. The van der Waals surface area contributed by atoms with Crippen molar-refractivity contribution in [2.45, 2.75) is 33.2 Å². The monoisotopic (exact) mass is 409 g/mol. The zero-order chi connectivity index (χ0) is 20.5. The Labute approximate surface area is 176 Å². The van der Waals surface area contributed by atoms with Gasteiger partial charge in [0.1, 0.15) is 5.82 Å². The average molecular weight is 410 g/mol. The molecule has 0 aliphatic rings. The Morgan fingerprint density at radius 1 is 1.14 bits per heavy atom. The molecule has 7 heteroatoms. The van der Waals surface area contributed by atoms with E-state index in [1.165, 1.54) is 17.1 Å². The van der Waals surface area contributed by atoms with Crippen LogP contribution in [0.2, 0.25) is 0 Å². The van der Waals surface area contributed by atoms with Crippen LogP contribution in [0, 0.1) is 5.92 Å². The Hall–Kier alpha value is -2.80. The molecular formula is C22H27N5OS. The van der Waals surface area contributed by atoms with Crippen LogP contribution in [0.3, 0.4) is 0 Å². The van der Waals surface area contributed by atoms with Gasteiger partial charge in [-0.1, -0.05) is 50.2 Å². The highest BCUT2D eigenvalue weighted by Gasteiger charge is 2.16. The fourth-order valence-electron chi connectivity index (χ4n) is 2.96. The maximum Gasteiger partial charge on any atom is 0.222 e. The van der Waals surface area contributed by atoms with Gasteiger partial charge in [-0.15, -0.1) is 0 Å². The van der Waals surface area contributed by atoms with E-state index in [-0.39, 0.29) is 5.91 Å². The Morgan fingerprint density at radius 2 is 1.93 bits per heavy atom. The first-order chi connectivity index (χ1) is 14.1. The summed E-state index contributed by atoms with van der Waals surface area (Å²) in [6.45, 7) is 6.30. The van der Waals surface area contributed by atoms with Crippen molar-refractivity contribution >= 4 is 22.6 Å². The number of hydrogen-bond acceptors (Lipinski definition) is 6. The van der Waals surface area contributed by atoms with Gasteiger partial charge >= 0.3 is 0 Å². The quantitative estimate of drug-likeness (QED) is 0.553. The SMILES string of the molecule is CC(C)CN(CCC(=O)NCc1cccnc1)c1nc(Cc2ccccc2)ns1. The topological polar surface area (TPSA) is 71.0 Å². The molecule has 0 saturated carbocycles. The third-order valence-electron chi connectivity index (χ3n) is 4.34. The lowest BCUT2D eigenvalue weighted by Crippen LogP contribution is -2.33. The first-order valence-electron chi connectivity index (χ1n) is 9.87. The molecule has 0 radical (unpaired) electrons. The average Bonchev–Trinajstić information content (AvgIpc) is 3.19. The molecule has 152 valence electrons. The van der Waals surface area contributed by atoms with E-state index in [1.54, 1.807) is 12.4 Å². The summed E-state index contributed by atoms with van der Waals surface area (Å²) < 4.78 is 4.52.